The van der Waals surface area contributed by atoms with Crippen molar-refractivity contribution < 1.29 is 36.8 Å². The van der Waals surface area contributed by atoms with Crippen molar-refractivity contribution in [1.29, 1.82) is 0 Å². The largest absolute Gasteiger partial charge is 0.496 e. The highest BCUT2D eigenvalue weighted by Gasteiger charge is 2.16. The summed E-state index contributed by atoms with van der Waals surface area (Å²) in [4.78, 5) is 2.26. The number of methoxy groups -OCH3 is 4. The molecule has 0 aromatic heterocycles. The SMILES string of the molecule is COc1cc(OC)c(C=CS(=O)(=O)Cc2ccc(OC)c(OCCN3CCOCC3)c2)c(OC)c1. The second kappa shape index (κ2) is 12.7. The van der Waals surface area contributed by atoms with E-state index in [1.165, 1.54) is 27.4 Å². The van der Waals surface area contributed by atoms with Crippen LogP contribution in [0.4, 0.5) is 0 Å². The Labute approximate surface area is 207 Å². The highest BCUT2D eigenvalue weighted by atomic mass is 32.2. The zero-order valence-corrected chi connectivity index (χ0v) is 21.4. The van der Waals surface area contributed by atoms with Crippen LogP contribution in [0.5, 0.6) is 28.7 Å². The third-order valence-electron chi connectivity index (χ3n) is 5.56. The third-order valence-corrected chi connectivity index (χ3v) is 6.85. The summed E-state index contributed by atoms with van der Waals surface area (Å²) in [6.45, 7) is 4.40. The quantitative estimate of drug-likeness (QED) is 0.430. The second-order valence-electron chi connectivity index (χ2n) is 7.84. The predicted molar refractivity (Wildman–Crippen MR) is 134 cm³/mol. The molecule has 1 aliphatic rings. The summed E-state index contributed by atoms with van der Waals surface area (Å²) in [7, 11) is 2.47. The summed E-state index contributed by atoms with van der Waals surface area (Å²) in [6, 6.07) is 8.47. The number of ether oxygens (including phenoxy) is 6. The van der Waals surface area contributed by atoms with Gasteiger partial charge in [0.15, 0.2) is 21.3 Å². The molecule has 1 fully saturated rings. The topological polar surface area (TPSA) is 92.8 Å². The smallest absolute Gasteiger partial charge is 0.175 e. The van der Waals surface area contributed by atoms with Crippen molar-refractivity contribution >= 4 is 15.9 Å². The van der Waals surface area contributed by atoms with Crippen LogP contribution in [0, 0.1) is 0 Å². The van der Waals surface area contributed by atoms with Gasteiger partial charge in [0, 0.05) is 37.2 Å². The zero-order valence-electron chi connectivity index (χ0n) is 20.6. The molecule has 2 aromatic rings. The number of hydrogen-bond donors (Lipinski definition) is 0. The van der Waals surface area contributed by atoms with Gasteiger partial charge < -0.3 is 28.4 Å². The highest BCUT2D eigenvalue weighted by Crippen LogP contribution is 2.35. The number of rotatable bonds is 12. The minimum Gasteiger partial charge on any atom is -0.496 e. The van der Waals surface area contributed by atoms with E-state index in [-0.39, 0.29) is 5.75 Å². The van der Waals surface area contributed by atoms with Gasteiger partial charge >= 0.3 is 0 Å². The maximum atomic E-state index is 12.9. The van der Waals surface area contributed by atoms with Gasteiger partial charge in [-0.05, 0) is 23.8 Å². The van der Waals surface area contributed by atoms with Crippen LogP contribution in [0.3, 0.4) is 0 Å². The molecule has 0 radical (unpaired) electrons. The van der Waals surface area contributed by atoms with E-state index in [1.54, 1.807) is 37.4 Å². The number of morpholine rings is 1. The van der Waals surface area contributed by atoms with Crippen LogP contribution in [0.1, 0.15) is 11.1 Å². The molecule has 0 aliphatic carbocycles. The van der Waals surface area contributed by atoms with Crippen molar-refractivity contribution in [2.24, 2.45) is 0 Å². The Balaban J connectivity index is 1.73. The van der Waals surface area contributed by atoms with Gasteiger partial charge in [-0.3, -0.25) is 4.90 Å². The molecule has 0 atom stereocenters. The summed E-state index contributed by atoms with van der Waals surface area (Å²) in [5.74, 6) is 2.28. The Kier molecular flexibility index (Phi) is 9.64. The maximum Gasteiger partial charge on any atom is 0.175 e. The molecule has 1 heterocycles. The Morgan fingerprint density at radius 1 is 0.886 bits per heavy atom. The molecule has 0 N–H and O–H groups in total. The minimum absolute atomic E-state index is 0.200. The Morgan fingerprint density at radius 2 is 1.54 bits per heavy atom. The van der Waals surface area contributed by atoms with Gasteiger partial charge in [0.2, 0.25) is 0 Å². The maximum absolute atomic E-state index is 12.9. The van der Waals surface area contributed by atoms with Gasteiger partial charge in [0.05, 0.1) is 53.0 Å². The standard InChI is InChI=1S/C25H33NO8S/c1-29-20-16-23(31-3)21(24(17-20)32-4)7-14-35(27,28)18-19-5-6-22(30-2)25(15-19)34-13-10-26-8-11-33-12-9-26/h5-7,14-17H,8-13,18H2,1-4H3. The van der Waals surface area contributed by atoms with E-state index >= 15 is 0 Å². The van der Waals surface area contributed by atoms with E-state index in [1.807, 2.05) is 0 Å². The van der Waals surface area contributed by atoms with E-state index in [9.17, 15) is 8.42 Å². The van der Waals surface area contributed by atoms with Crippen molar-refractivity contribution in [3.63, 3.8) is 0 Å². The van der Waals surface area contributed by atoms with Crippen LogP contribution in [-0.4, -0.2) is 81.2 Å². The van der Waals surface area contributed by atoms with Crippen LogP contribution < -0.4 is 23.7 Å². The first-order valence-electron chi connectivity index (χ1n) is 11.2. The molecule has 1 aliphatic heterocycles. The summed E-state index contributed by atoms with van der Waals surface area (Å²) in [5.41, 5.74) is 1.09. The molecule has 10 heteroatoms. The summed E-state index contributed by atoms with van der Waals surface area (Å²) < 4.78 is 58.5. The Morgan fingerprint density at radius 3 is 2.14 bits per heavy atom. The second-order valence-corrected chi connectivity index (χ2v) is 9.73. The molecule has 0 saturated carbocycles. The molecule has 0 bridgehead atoms. The van der Waals surface area contributed by atoms with Crippen molar-refractivity contribution in [3.8, 4) is 28.7 Å². The molecule has 9 nitrogen and oxygen atoms in total. The van der Waals surface area contributed by atoms with Crippen molar-refractivity contribution in [2.45, 2.75) is 5.75 Å². The monoisotopic (exact) mass is 507 g/mol. The normalized spacial score (nSPS) is 14.6. The van der Waals surface area contributed by atoms with Crippen LogP contribution in [0.2, 0.25) is 0 Å². The fraction of sp³-hybridized carbons (Fsp3) is 0.440. The third kappa shape index (κ3) is 7.51. The van der Waals surface area contributed by atoms with Gasteiger partial charge in [-0.2, -0.15) is 0 Å². The summed E-state index contributed by atoms with van der Waals surface area (Å²) >= 11 is 0. The van der Waals surface area contributed by atoms with E-state index in [2.05, 4.69) is 4.90 Å². The first kappa shape index (κ1) is 26.7. The number of nitrogens with zero attached hydrogens (tertiary/aromatic N) is 1. The average Bonchev–Trinajstić information content (AvgIpc) is 2.87. The lowest BCUT2D eigenvalue weighted by atomic mass is 10.1. The van der Waals surface area contributed by atoms with Gasteiger partial charge in [0.25, 0.3) is 0 Å². The van der Waals surface area contributed by atoms with E-state index in [0.29, 0.717) is 46.5 Å². The van der Waals surface area contributed by atoms with Gasteiger partial charge in [-0.25, -0.2) is 8.42 Å². The van der Waals surface area contributed by atoms with Gasteiger partial charge in [-0.1, -0.05) is 6.07 Å². The molecular weight excluding hydrogens is 474 g/mol. The molecule has 192 valence electrons. The molecule has 2 aromatic carbocycles. The fourth-order valence-corrected chi connectivity index (χ4v) is 4.77. The van der Waals surface area contributed by atoms with E-state index in [4.69, 9.17) is 28.4 Å². The molecule has 0 amide bonds. The lowest BCUT2D eigenvalue weighted by Gasteiger charge is -2.26. The van der Waals surface area contributed by atoms with E-state index in [0.717, 1.165) is 38.3 Å². The van der Waals surface area contributed by atoms with E-state index < -0.39 is 9.84 Å². The molecule has 0 spiro atoms. The molecule has 3 rings (SSSR count). The highest BCUT2D eigenvalue weighted by molar-refractivity contribution is 7.93. The Bertz CT molecular complexity index is 1090. The fourth-order valence-electron chi connectivity index (χ4n) is 3.68. The van der Waals surface area contributed by atoms with Crippen LogP contribution in [-0.2, 0) is 20.3 Å². The average molecular weight is 508 g/mol. The number of sulfone groups is 1. The lowest BCUT2D eigenvalue weighted by Crippen LogP contribution is -2.38. The molecule has 35 heavy (non-hydrogen) atoms. The van der Waals surface area contributed by atoms with Crippen molar-refractivity contribution in [1.82, 2.24) is 4.90 Å². The molecular formula is C25H33NO8S. The zero-order chi connectivity index (χ0) is 25.3. The number of hydrogen-bond acceptors (Lipinski definition) is 9. The Hall–Kier alpha value is -2.95. The van der Waals surface area contributed by atoms with Gasteiger partial charge in [0.1, 0.15) is 23.9 Å². The number of benzene rings is 2. The summed E-state index contributed by atoms with van der Waals surface area (Å²) in [5, 5.41) is 1.16. The van der Waals surface area contributed by atoms with Crippen molar-refractivity contribution in [2.75, 3.05) is 67.9 Å². The van der Waals surface area contributed by atoms with Crippen LogP contribution >= 0.6 is 0 Å². The molecule has 1 saturated heterocycles. The minimum atomic E-state index is -3.61. The van der Waals surface area contributed by atoms with Crippen molar-refractivity contribution in [3.05, 3.63) is 46.9 Å². The van der Waals surface area contributed by atoms with Crippen LogP contribution in [0.25, 0.3) is 6.08 Å². The first-order chi connectivity index (χ1) is 16.9. The predicted octanol–water partition coefficient (Wildman–Crippen LogP) is 3.02. The first-order valence-corrected chi connectivity index (χ1v) is 12.9. The summed E-state index contributed by atoms with van der Waals surface area (Å²) in [6.07, 6.45) is 1.47. The molecule has 0 unspecified atom stereocenters. The lowest BCUT2D eigenvalue weighted by molar-refractivity contribution is 0.0321. The van der Waals surface area contributed by atoms with Crippen LogP contribution in [0.15, 0.2) is 35.7 Å². The van der Waals surface area contributed by atoms with Gasteiger partial charge in [-0.15, -0.1) is 0 Å².